The normalized spacial score (nSPS) is 20.3. The Bertz CT molecular complexity index is 969. The summed E-state index contributed by atoms with van der Waals surface area (Å²) in [7, 11) is -3.68. The Kier molecular flexibility index (Phi) is 6.92. The Balaban J connectivity index is 1.60. The average molecular weight is 438 g/mol. The zero-order valence-electron chi connectivity index (χ0n) is 17.5. The van der Waals surface area contributed by atoms with Crippen molar-refractivity contribution in [3.05, 3.63) is 47.1 Å². The number of nitrogens with one attached hydrogen (secondary N) is 1. The van der Waals surface area contributed by atoms with Crippen molar-refractivity contribution in [2.45, 2.75) is 51.5 Å². The number of halogens is 1. The van der Waals surface area contributed by atoms with Gasteiger partial charge in [0.25, 0.3) is 0 Å². The molecule has 2 unspecified atom stereocenters. The van der Waals surface area contributed by atoms with E-state index in [0.29, 0.717) is 43.9 Å². The highest BCUT2D eigenvalue weighted by Crippen LogP contribution is 2.33. The van der Waals surface area contributed by atoms with E-state index < -0.39 is 10.0 Å². The van der Waals surface area contributed by atoms with Gasteiger partial charge in [0, 0.05) is 26.1 Å². The summed E-state index contributed by atoms with van der Waals surface area (Å²) >= 11 is 0. The second-order valence-corrected chi connectivity index (χ2v) is 9.72. The van der Waals surface area contributed by atoms with Gasteiger partial charge in [0.1, 0.15) is 16.4 Å². The van der Waals surface area contributed by atoms with Gasteiger partial charge < -0.3 is 9.84 Å². The molecule has 9 heteroatoms. The van der Waals surface area contributed by atoms with Crippen molar-refractivity contribution in [3.8, 4) is 0 Å². The molecule has 2 heterocycles. The third-order valence-electron chi connectivity index (χ3n) is 5.79. The second-order valence-electron chi connectivity index (χ2n) is 7.84. The number of aryl methyl sites for hydroxylation is 2. The van der Waals surface area contributed by atoms with E-state index in [2.05, 4.69) is 10.5 Å². The fraction of sp³-hybridized carbons (Fsp3) is 0.524. The Hall–Kier alpha value is -2.26. The van der Waals surface area contributed by atoms with Crippen LogP contribution in [0.25, 0.3) is 0 Å². The molecule has 0 aliphatic carbocycles. The molecule has 1 amide bonds. The molecule has 1 aliphatic rings. The highest BCUT2D eigenvalue weighted by Gasteiger charge is 2.38. The molecule has 30 heavy (non-hydrogen) atoms. The van der Waals surface area contributed by atoms with Crippen molar-refractivity contribution in [2.75, 3.05) is 13.1 Å². The Morgan fingerprint density at radius 3 is 2.57 bits per heavy atom. The second kappa shape index (κ2) is 9.26. The number of aromatic nitrogens is 1. The molecule has 1 aromatic carbocycles. The highest BCUT2D eigenvalue weighted by molar-refractivity contribution is 7.89. The number of carbonyl (C=O) groups is 1. The van der Waals surface area contributed by atoms with Crippen LogP contribution in [0, 0.1) is 31.5 Å². The molecule has 0 saturated carbocycles. The molecule has 2 atom stereocenters. The minimum Gasteiger partial charge on any atom is -0.360 e. The number of benzene rings is 1. The van der Waals surface area contributed by atoms with Crippen LogP contribution in [0.2, 0.25) is 0 Å². The van der Waals surface area contributed by atoms with E-state index in [1.165, 1.54) is 16.4 Å². The first-order valence-electron chi connectivity index (χ1n) is 10.2. The van der Waals surface area contributed by atoms with Gasteiger partial charge in [-0.15, -0.1) is 0 Å². The van der Waals surface area contributed by atoms with E-state index >= 15 is 0 Å². The maximum atomic E-state index is 13.1. The highest BCUT2D eigenvalue weighted by atomic mass is 32.2. The molecule has 3 rings (SSSR count). The third-order valence-corrected chi connectivity index (χ3v) is 7.91. The van der Waals surface area contributed by atoms with E-state index in [9.17, 15) is 17.6 Å². The molecule has 1 fully saturated rings. The molecule has 0 radical (unpaired) electrons. The van der Waals surface area contributed by atoms with E-state index in [1.54, 1.807) is 26.0 Å². The lowest BCUT2D eigenvalue weighted by Gasteiger charge is -2.37. The van der Waals surface area contributed by atoms with Crippen LogP contribution in [0.1, 0.15) is 43.2 Å². The van der Waals surface area contributed by atoms with Gasteiger partial charge in [-0.05, 0) is 49.8 Å². The van der Waals surface area contributed by atoms with Crippen molar-refractivity contribution in [1.29, 1.82) is 0 Å². The van der Waals surface area contributed by atoms with Gasteiger partial charge >= 0.3 is 0 Å². The maximum absolute atomic E-state index is 13.1. The van der Waals surface area contributed by atoms with Crippen LogP contribution in [0.5, 0.6) is 0 Å². The van der Waals surface area contributed by atoms with Gasteiger partial charge in [0.05, 0.1) is 0 Å². The van der Waals surface area contributed by atoms with Crippen molar-refractivity contribution in [1.82, 2.24) is 14.8 Å². The Morgan fingerprint density at radius 1 is 1.27 bits per heavy atom. The Labute approximate surface area is 176 Å². The molecule has 164 valence electrons. The van der Waals surface area contributed by atoms with Crippen molar-refractivity contribution >= 4 is 15.9 Å². The SMILES string of the molecule is CCC1CN(S(=O)(=O)c2c(C)noc2C)CCC1CC(=O)NCc1ccc(F)cc1. The zero-order chi connectivity index (χ0) is 21.9. The number of hydrogen-bond acceptors (Lipinski definition) is 5. The lowest BCUT2D eigenvalue weighted by Crippen LogP contribution is -2.45. The minimum absolute atomic E-state index is 0.0789. The lowest BCUT2D eigenvalue weighted by molar-refractivity contribution is -0.122. The van der Waals surface area contributed by atoms with Crippen LogP contribution < -0.4 is 5.32 Å². The van der Waals surface area contributed by atoms with Crippen molar-refractivity contribution in [3.63, 3.8) is 0 Å². The summed E-state index contributed by atoms with van der Waals surface area (Å²) < 4.78 is 45.7. The van der Waals surface area contributed by atoms with Gasteiger partial charge in [-0.3, -0.25) is 4.79 Å². The van der Waals surface area contributed by atoms with Gasteiger partial charge in [-0.1, -0.05) is 30.6 Å². The average Bonchev–Trinajstić information content (AvgIpc) is 3.06. The van der Waals surface area contributed by atoms with Crippen LogP contribution in [0.3, 0.4) is 0 Å². The summed E-state index contributed by atoms with van der Waals surface area (Å²) in [6, 6.07) is 6.01. The predicted molar refractivity (Wildman–Crippen MR) is 109 cm³/mol. The van der Waals surface area contributed by atoms with E-state index in [1.807, 2.05) is 6.92 Å². The van der Waals surface area contributed by atoms with Crippen LogP contribution in [0.4, 0.5) is 4.39 Å². The number of rotatable bonds is 7. The summed E-state index contributed by atoms with van der Waals surface area (Å²) in [6.45, 7) is 6.31. The van der Waals surface area contributed by atoms with Gasteiger partial charge in [-0.2, -0.15) is 4.31 Å². The van der Waals surface area contributed by atoms with Crippen molar-refractivity contribution in [2.24, 2.45) is 11.8 Å². The molecule has 7 nitrogen and oxygen atoms in total. The smallest absolute Gasteiger partial charge is 0.248 e. The number of sulfonamides is 1. The summed E-state index contributed by atoms with van der Waals surface area (Å²) in [5, 5.41) is 6.64. The monoisotopic (exact) mass is 437 g/mol. The van der Waals surface area contributed by atoms with Gasteiger partial charge in [0.2, 0.25) is 15.9 Å². The fourth-order valence-electron chi connectivity index (χ4n) is 4.08. The quantitative estimate of drug-likeness (QED) is 0.718. The first kappa shape index (κ1) is 22.4. The number of hydrogen-bond donors (Lipinski definition) is 1. The molecule has 0 bridgehead atoms. The van der Waals surface area contributed by atoms with Crippen LogP contribution in [-0.4, -0.2) is 36.9 Å². The molecular weight excluding hydrogens is 409 g/mol. The van der Waals surface area contributed by atoms with E-state index in [-0.39, 0.29) is 28.5 Å². The largest absolute Gasteiger partial charge is 0.360 e. The topological polar surface area (TPSA) is 92.5 Å². The van der Waals surface area contributed by atoms with E-state index in [0.717, 1.165) is 12.0 Å². The lowest BCUT2D eigenvalue weighted by atomic mass is 9.82. The summed E-state index contributed by atoms with van der Waals surface area (Å²) in [6.07, 6.45) is 1.74. The number of nitrogens with zero attached hydrogens (tertiary/aromatic N) is 2. The molecule has 2 aromatic rings. The first-order valence-corrected chi connectivity index (χ1v) is 11.6. The summed E-state index contributed by atoms with van der Waals surface area (Å²) in [4.78, 5) is 12.6. The third kappa shape index (κ3) is 4.89. The maximum Gasteiger partial charge on any atom is 0.248 e. The van der Waals surface area contributed by atoms with Crippen LogP contribution in [-0.2, 0) is 21.4 Å². The standard InChI is InChI=1S/C21H28FN3O4S/c1-4-17-13-25(30(27,28)21-14(2)24-29-15(21)3)10-9-18(17)11-20(26)23-12-16-5-7-19(22)8-6-16/h5-8,17-18H,4,9-13H2,1-3H3,(H,23,26). The van der Waals surface area contributed by atoms with Crippen LogP contribution in [0.15, 0.2) is 33.7 Å². The zero-order valence-corrected chi connectivity index (χ0v) is 18.3. The minimum atomic E-state index is -3.68. The fourth-order valence-corrected chi connectivity index (χ4v) is 5.88. The molecule has 1 aliphatic heterocycles. The number of piperidine rings is 1. The summed E-state index contributed by atoms with van der Waals surface area (Å²) in [5.74, 6) is 0.103. The predicted octanol–water partition coefficient (Wildman–Crippen LogP) is 3.17. The molecular formula is C21H28FN3O4S. The Morgan fingerprint density at radius 2 is 1.97 bits per heavy atom. The van der Waals surface area contributed by atoms with E-state index in [4.69, 9.17) is 4.52 Å². The molecule has 1 N–H and O–H groups in total. The summed E-state index contributed by atoms with van der Waals surface area (Å²) in [5.41, 5.74) is 1.19. The van der Waals surface area contributed by atoms with Gasteiger partial charge in [0.15, 0.2) is 5.76 Å². The number of carbonyl (C=O) groups excluding carboxylic acids is 1. The number of amides is 1. The van der Waals surface area contributed by atoms with Crippen molar-refractivity contribution < 1.29 is 22.1 Å². The van der Waals surface area contributed by atoms with Crippen LogP contribution >= 0.6 is 0 Å². The first-order chi connectivity index (χ1) is 14.2. The molecule has 1 saturated heterocycles. The molecule has 0 spiro atoms. The van der Waals surface area contributed by atoms with Gasteiger partial charge in [-0.25, -0.2) is 12.8 Å². The molecule has 1 aromatic heterocycles.